The number of hydrogen-bond donors (Lipinski definition) is 1. The Morgan fingerprint density at radius 2 is 1.55 bits per heavy atom. The molecule has 0 aliphatic rings. The molecule has 1 heteroatoms. The fourth-order valence-electron chi connectivity index (χ4n) is 2.84. The Bertz CT molecular complexity index is 573. The van der Waals surface area contributed by atoms with Crippen LogP contribution in [0.25, 0.3) is 11.1 Å². The van der Waals surface area contributed by atoms with Gasteiger partial charge in [0.2, 0.25) is 0 Å². The van der Waals surface area contributed by atoms with Crippen LogP contribution in [0.3, 0.4) is 0 Å². The number of benzene rings is 2. The Morgan fingerprint density at radius 3 is 2.15 bits per heavy atom. The lowest BCUT2D eigenvalue weighted by molar-refractivity contribution is 0.589. The normalized spacial score (nSPS) is 11.1. The lowest BCUT2D eigenvalue weighted by Gasteiger charge is -2.17. The van der Waals surface area contributed by atoms with E-state index >= 15 is 0 Å². The molecule has 2 rings (SSSR count). The molecule has 1 N–H and O–H groups in total. The molecular formula is C19H25N. The van der Waals surface area contributed by atoms with Crippen LogP contribution >= 0.6 is 0 Å². The van der Waals surface area contributed by atoms with Gasteiger partial charge in [-0.15, -0.1) is 0 Å². The summed E-state index contributed by atoms with van der Waals surface area (Å²) in [6.07, 6.45) is 0. The van der Waals surface area contributed by atoms with Gasteiger partial charge in [-0.1, -0.05) is 55.8 Å². The van der Waals surface area contributed by atoms with Crippen molar-refractivity contribution in [2.45, 2.75) is 47.2 Å². The summed E-state index contributed by atoms with van der Waals surface area (Å²) in [4.78, 5) is 0. The van der Waals surface area contributed by atoms with Crippen LogP contribution < -0.4 is 5.32 Å². The van der Waals surface area contributed by atoms with E-state index in [0.717, 1.165) is 6.54 Å². The van der Waals surface area contributed by atoms with Crippen molar-refractivity contribution < 1.29 is 0 Å². The average molecular weight is 267 g/mol. The van der Waals surface area contributed by atoms with Gasteiger partial charge in [0.05, 0.1) is 0 Å². The Hall–Kier alpha value is -1.60. The van der Waals surface area contributed by atoms with Crippen LogP contribution in [0.1, 0.15) is 36.1 Å². The van der Waals surface area contributed by atoms with Gasteiger partial charge in [0, 0.05) is 12.6 Å². The molecule has 106 valence electrons. The van der Waals surface area contributed by atoms with Gasteiger partial charge in [-0.3, -0.25) is 0 Å². The molecule has 20 heavy (non-hydrogen) atoms. The second kappa shape index (κ2) is 6.23. The second-order valence-corrected chi connectivity index (χ2v) is 5.97. The molecule has 0 bridgehead atoms. The van der Waals surface area contributed by atoms with Gasteiger partial charge in [-0.05, 0) is 48.6 Å². The summed E-state index contributed by atoms with van der Waals surface area (Å²) >= 11 is 0. The van der Waals surface area contributed by atoms with Crippen LogP contribution in [-0.2, 0) is 6.54 Å². The Labute approximate surface area is 123 Å². The number of nitrogens with one attached hydrogen (secondary N) is 1. The standard InChI is InChI=1S/C19H25N/c1-13(2)20-12-17-8-6-7-9-18(17)19-15(4)10-14(3)11-16(19)5/h6-11,13,20H,12H2,1-5H3. The topological polar surface area (TPSA) is 12.0 Å². The van der Waals surface area contributed by atoms with Crippen molar-refractivity contribution >= 4 is 0 Å². The van der Waals surface area contributed by atoms with E-state index in [1.807, 2.05) is 0 Å². The van der Waals surface area contributed by atoms with Gasteiger partial charge < -0.3 is 5.32 Å². The van der Waals surface area contributed by atoms with Crippen molar-refractivity contribution in [2.75, 3.05) is 0 Å². The molecule has 0 heterocycles. The van der Waals surface area contributed by atoms with Crippen molar-refractivity contribution in [1.82, 2.24) is 5.32 Å². The number of aryl methyl sites for hydroxylation is 3. The summed E-state index contributed by atoms with van der Waals surface area (Å²) in [5.41, 5.74) is 8.17. The third-order valence-corrected chi connectivity index (χ3v) is 3.66. The van der Waals surface area contributed by atoms with Crippen molar-refractivity contribution in [3.63, 3.8) is 0 Å². The molecule has 2 aromatic rings. The highest BCUT2D eigenvalue weighted by atomic mass is 14.9. The van der Waals surface area contributed by atoms with E-state index in [1.54, 1.807) is 0 Å². The van der Waals surface area contributed by atoms with Gasteiger partial charge >= 0.3 is 0 Å². The van der Waals surface area contributed by atoms with Gasteiger partial charge in [0.15, 0.2) is 0 Å². The monoisotopic (exact) mass is 267 g/mol. The van der Waals surface area contributed by atoms with Crippen molar-refractivity contribution in [3.8, 4) is 11.1 Å². The van der Waals surface area contributed by atoms with E-state index in [2.05, 4.69) is 76.3 Å². The van der Waals surface area contributed by atoms with Gasteiger partial charge in [0.25, 0.3) is 0 Å². The van der Waals surface area contributed by atoms with Crippen LogP contribution in [-0.4, -0.2) is 6.04 Å². The van der Waals surface area contributed by atoms with Crippen LogP contribution in [0.2, 0.25) is 0 Å². The fourth-order valence-corrected chi connectivity index (χ4v) is 2.84. The van der Waals surface area contributed by atoms with E-state index in [0.29, 0.717) is 6.04 Å². The first-order chi connectivity index (χ1) is 9.49. The molecule has 0 aliphatic carbocycles. The molecule has 2 aromatic carbocycles. The van der Waals surface area contributed by atoms with E-state index in [-0.39, 0.29) is 0 Å². The summed E-state index contributed by atoms with van der Waals surface area (Å²) in [6.45, 7) is 11.9. The van der Waals surface area contributed by atoms with Crippen LogP contribution in [0.4, 0.5) is 0 Å². The lowest BCUT2D eigenvalue weighted by atomic mass is 9.91. The minimum atomic E-state index is 0.503. The Kier molecular flexibility index (Phi) is 4.61. The van der Waals surface area contributed by atoms with E-state index in [9.17, 15) is 0 Å². The van der Waals surface area contributed by atoms with Crippen molar-refractivity contribution in [1.29, 1.82) is 0 Å². The zero-order valence-corrected chi connectivity index (χ0v) is 13.2. The molecule has 0 saturated carbocycles. The molecule has 0 fully saturated rings. The second-order valence-electron chi connectivity index (χ2n) is 5.97. The third kappa shape index (κ3) is 3.29. The van der Waals surface area contributed by atoms with Crippen LogP contribution in [0.15, 0.2) is 36.4 Å². The summed E-state index contributed by atoms with van der Waals surface area (Å²) in [5.74, 6) is 0. The average Bonchev–Trinajstić information content (AvgIpc) is 2.36. The van der Waals surface area contributed by atoms with Gasteiger partial charge in [-0.25, -0.2) is 0 Å². The van der Waals surface area contributed by atoms with Crippen molar-refractivity contribution in [3.05, 3.63) is 58.7 Å². The molecule has 1 nitrogen and oxygen atoms in total. The quantitative estimate of drug-likeness (QED) is 0.841. The predicted molar refractivity (Wildman–Crippen MR) is 88.1 cm³/mol. The SMILES string of the molecule is Cc1cc(C)c(-c2ccccc2CNC(C)C)c(C)c1. The molecule has 0 amide bonds. The Balaban J connectivity index is 2.48. The molecule has 0 unspecified atom stereocenters. The molecule has 0 radical (unpaired) electrons. The first-order valence-electron chi connectivity index (χ1n) is 7.38. The van der Waals surface area contributed by atoms with Gasteiger partial charge in [0.1, 0.15) is 0 Å². The lowest BCUT2D eigenvalue weighted by Crippen LogP contribution is -2.22. The van der Waals surface area contributed by atoms with Crippen LogP contribution in [0.5, 0.6) is 0 Å². The first kappa shape index (κ1) is 14.8. The molecule has 0 aliphatic heterocycles. The zero-order valence-electron chi connectivity index (χ0n) is 13.2. The summed E-state index contributed by atoms with van der Waals surface area (Å²) in [7, 11) is 0. The third-order valence-electron chi connectivity index (χ3n) is 3.66. The molecule has 0 spiro atoms. The fraction of sp³-hybridized carbons (Fsp3) is 0.368. The summed E-state index contributed by atoms with van der Waals surface area (Å²) in [5, 5.41) is 3.52. The minimum Gasteiger partial charge on any atom is -0.310 e. The highest BCUT2D eigenvalue weighted by molar-refractivity contribution is 5.74. The maximum absolute atomic E-state index is 3.52. The van der Waals surface area contributed by atoms with E-state index in [4.69, 9.17) is 0 Å². The Morgan fingerprint density at radius 1 is 0.950 bits per heavy atom. The van der Waals surface area contributed by atoms with Gasteiger partial charge in [-0.2, -0.15) is 0 Å². The highest BCUT2D eigenvalue weighted by Gasteiger charge is 2.10. The molecule has 0 aromatic heterocycles. The highest BCUT2D eigenvalue weighted by Crippen LogP contribution is 2.31. The number of hydrogen-bond acceptors (Lipinski definition) is 1. The molecular weight excluding hydrogens is 242 g/mol. The molecule has 0 saturated heterocycles. The maximum atomic E-state index is 3.52. The molecule has 0 atom stereocenters. The first-order valence-corrected chi connectivity index (χ1v) is 7.38. The van der Waals surface area contributed by atoms with E-state index < -0.39 is 0 Å². The maximum Gasteiger partial charge on any atom is 0.0214 e. The summed E-state index contributed by atoms with van der Waals surface area (Å²) < 4.78 is 0. The minimum absolute atomic E-state index is 0.503. The largest absolute Gasteiger partial charge is 0.310 e. The zero-order chi connectivity index (χ0) is 14.7. The predicted octanol–water partition coefficient (Wildman–Crippen LogP) is 4.78. The number of rotatable bonds is 4. The van der Waals surface area contributed by atoms with E-state index in [1.165, 1.54) is 33.4 Å². The smallest absolute Gasteiger partial charge is 0.0214 e. The van der Waals surface area contributed by atoms with Crippen LogP contribution in [0, 0.1) is 20.8 Å². The van der Waals surface area contributed by atoms with Crippen molar-refractivity contribution in [2.24, 2.45) is 0 Å². The summed E-state index contributed by atoms with van der Waals surface area (Å²) in [6, 6.07) is 13.8.